The number of aryl methyl sites for hydroxylation is 1. The van der Waals surface area contributed by atoms with Crippen molar-refractivity contribution in [3.8, 4) is 0 Å². The van der Waals surface area contributed by atoms with Crippen LogP contribution in [0.15, 0.2) is 28.7 Å². The van der Waals surface area contributed by atoms with Crippen LogP contribution in [-0.2, 0) is 0 Å². The van der Waals surface area contributed by atoms with E-state index in [-0.39, 0.29) is 6.04 Å². The Labute approximate surface area is 102 Å². The molecular formula is C15H19NO. The van der Waals surface area contributed by atoms with Gasteiger partial charge in [-0.15, -0.1) is 0 Å². The summed E-state index contributed by atoms with van der Waals surface area (Å²) in [6.07, 6.45) is 5.13. The van der Waals surface area contributed by atoms with E-state index in [2.05, 4.69) is 19.1 Å². The van der Waals surface area contributed by atoms with Gasteiger partial charge in [0.2, 0.25) is 0 Å². The Balaban J connectivity index is 2.01. The lowest BCUT2D eigenvalue weighted by Gasteiger charge is -2.17. The van der Waals surface area contributed by atoms with Gasteiger partial charge in [-0.05, 0) is 37.3 Å². The molecule has 0 aliphatic heterocycles. The highest BCUT2D eigenvalue weighted by Gasteiger charge is 2.27. The number of fused-ring (bicyclic) bond motifs is 1. The maximum atomic E-state index is 6.37. The monoisotopic (exact) mass is 229 g/mol. The Morgan fingerprint density at radius 2 is 1.94 bits per heavy atom. The van der Waals surface area contributed by atoms with E-state index in [0.717, 1.165) is 11.3 Å². The third kappa shape index (κ3) is 1.77. The van der Waals surface area contributed by atoms with Crippen molar-refractivity contribution in [3.63, 3.8) is 0 Å². The lowest BCUT2D eigenvalue weighted by atomic mass is 9.94. The molecule has 2 heteroatoms. The Bertz CT molecular complexity index is 523. The fourth-order valence-corrected chi connectivity index (χ4v) is 3.04. The largest absolute Gasteiger partial charge is 0.459 e. The number of hydrogen-bond acceptors (Lipinski definition) is 2. The molecule has 0 spiro atoms. The summed E-state index contributed by atoms with van der Waals surface area (Å²) in [5.74, 6) is 1.60. The van der Waals surface area contributed by atoms with Gasteiger partial charge >= 0.3 is 0 Å². The van der Waals surface area contributed by atoms with Gasteiger partial charge in [-0.3, -0.25) is 0 Å². The lowest BCUT2D eigenvalue weighted by molar-refractivity contribution is 0.378. The topological polar surface area (TPSA) is 39.2 Å². The van der Waals surface area contributed by atoms with Crippen LogP contribution in [0, 0.1) is 12.8 Å². The number of nitrogens with two attached hydrogens (primary N) is 1. The standard InChI is InChI=1S/C15H19NO/c1-10-12-8-4-5-9-13(12)17-15(10)14(16)11-6-2-3-7-11/h4-5,8-9,11,14H,2-3,6-7,16H2,1H3. The summed E-state index contributed by atoms with van der Waals surface area (Å²) in [5, 5.41) is 1.20. The molecule has 1 aliphatic carbocycles. The van der Waals surface area contributed by atoms with Crippen molar-refractivity contribution in [2.45, 2.75) is 38.6 Å². The Morgan fingerprint density at radius 1 is 1.24 bits per heavy atom. The summed E-state index contributed by atoms with van der Waals surface area (Å²) in [4.78, 5) is 0. The van der Waals surface area contributed by atoms with Gasteiger partial charge in [0.1, 0.15) is 11.3 Å². The van der Waals surface area contributed by atoms with Gasteiger partial charge in [0.25, 0.3) is 0 Å². The third-order valence-corrected chi connectivity index (χ3v) is 4.09. The van der Waals surface area contributed by atoms with Crippen molar-refractivity contribution in [2.24, 2.45) is 11.7 Å². The maximum absolute atomic E-state index is 6.37. The minimum absolute atomic E-state index is 0.0740. The molecule has 90 valence electrons. The van der Waals surface area contributed by atoms with Crippen LogP contribution in [0.2, 0.25) is 0 Å². The first-order valence-corrected chi connectivity index (χ1v) is 6.51. The number of furan rings is 1. The average Bonchev–Trinajstić information content (AvgIpc) is 2.97. The molecule has 0 amide bonds. The quantitative estimate of drug-likeness (QED) is 0.847. The normalized spacial score (nSPS) is 18.9. The average molecular weight is 229 g/mol. The van der Waals surface area contributed by atoms with Crippen LogP contribution >= 0.6 is 0 Å². The molecule has 1 aliphatic rings. The zero-order valence-corrected chi connectivity index (χ0v) is 10.3. The number of hydrogen-bond donors (Lipinski definition) is 1. The molecule has 2 nitrogen and oxygen atoms in total. The van der Waals surface area contributed by atoms with Crippen molar-refractivity contribution >= 4 is 11.0 Å². The van der Waals surface area contributed by atoms with Gasteiger partial charge < -0.3 is 10.2 Å². The SMILES string of the molecule is Cc1c(C(N)C2CCCC2)oc2ccccc12. The van der Waals surface area contributed by atoms with Crippen molar-refractivity contribution in [1.29, 1.82) is 0 Å². The van der Waals surface area contributed by atoms with E-state index in [4.69, 9.17) is 10.2 Å². The zero-order chi connectivity index (χ0) is 11.8. The molecular weight excluding hydrogens is 210 g/mol. The van der Waals surface area contributed by atoms with Gasteiger partial charge in [-0.1, -0.05) is 31.0 Å². The molecule has 2 N–H and O–H groups in total. The molecule has 1 saturated carbocycles. The van der Waals surface area contributed by atoms with E-state index in [1.807, 2.05) is 12.1 Å². The van der Waals surface area contributed by atoms with E-state index in [1.165, 1.54) is 36.6 Å². The Hall–Kier alpha value is -1.28. The fraction of sp³-hybridized carbons (Fsp3) is 0.467. The summed E-state index contributed by atoms with van der Waals surface area (Å²) >= 11 is 0. The van der Waals surface area contributed by atoms with Crippen LogP contribution in [0.1, 0.15) is 43.0 Å². The van der Waals surface area contributed by atoms with Crippen LogP contribution in [0.25, 0.3) is 11.0 Å². The fourth-order valence-electron chi connectivity index (χ4n) is 3.04. The predicted octanol–water partition coefficient (Wildman–Crippen LogP) is 3.93. The second-order valence-corrected chi connectivity index (χ2v) is 5.16. The molecule has 1 aromatic heterocycles. The van der Waals surface area contributed by atoms with Crippen LogP contribution in [0.5, 0.6) is 0 Å². The molecule has 0 saturated heterocycles. The van der Waals surface area contributed by atoms with Gasteiger partial charge in [0, 0.05) is 5.39 Å². The van der Waals surface area contributed by atoms with Gasteiger partial charge in [0.15, 0.2) is 0 Å². The van der Waals surface area contributed by atoms with Gasteiger partial charge in [-0.2, -0.15) is 0 Å². The first kappa shape index (κ1) is 10.8. The zero-order valence-electron chi connectivity index (χ0n) is 10.3. The highest BCUT2D eigenvalue weighted by atomic mass is 16.3. The van der Waals surface area contributed by atoms with Crippen molar-refractivity contribution in [1.82, 2.24) is 0 Å². The smallest absolute Gasteiger partial charge is 0.134 e. The molecule has 1 heterocycles. The van der Waals surface area contributed by atoms with Gasteiger partial charge in [0.05, 0.1) is 6.04 Å². The van der Waals surface area contributed by atoms with E-state index >= 15 is 0 Å². The summed E-state index contributed by atoms with van der Waals surface area (Å²) in [5.41, 5.74) is 8.56. The van der Waals surface area contributed by atoms with Gasteiger partial charge in [-0.25, -0.2) is 0 Å². The summed E-state index contributed by atoms with van der Waals surface area (Å²) in [6, 6.07) is 8.27. The minimum Gasteiger partial charge on any atom is -0.459 e. The molecule has 1 fully saturated rings. The van der Waals surface area contributed by atoms with Crippen molar-refractivity contribution in [3.05, 3.63) is 35.6 Å². The molecule has 1 aromatic carbocycles. The molecule has 0 bridgehead atoms. The highest BCUT2D eigenvalue weighted by molar-refractivity contribution is 5.82. The highest BCUT2D eigenvalue weighted by Crippen LogP contribution is 2.38. The predicted molar refractivity (Wildman–Crippen MR) is 69.8 cm³/mol. The first-order valence-electron chi connectivity index (χ1n) is 6.51. The minimum atomic E-state index is 0.0740. The van der Waals surface area contributed by atoms with Crippen LogP contribution < -0.4 is 5.73 Å². The number of para-hydroxylation sites is 1. The third-order valence-electron chi connectivity index (χ3n) is 4.09. The first-order chi connectivity index (χ1) is 8.27. The van der Waals surface area contributed by atoms with E-state index in [9.17, 15) is 0 Å². The van der Waals surface area contributed by atoms with E-state index < -0.39 is 0 Å². The number of benzene rings is 1. The number of rotatable bonds is 2. The Morgan fingerprint density at radius 3 is 2.65 bits per heavy atom. The maximum Gasteiger partial charge on any atom is 0.134 e. The molecule has 0 radical (unpaired) electrons. The van der Waals surface area contributed by atoms with E-state index in [0.29, 0.717) is 5.92 Å². The summed E-state index contributed by atoms with van der Waals surface area (Å²) in [6.45, 7) is 2.12. The van der Waals surface area contributed by atoms with Crippen molar-refractivity contribution < 1.29 is 4.42 Å². The van der Waals surface area contributed by atoms with E-state index in [1.54, 1.807) is 0 Å². The molecule has 3 rings (SSSR count). The van der Waals surface area contributed by atoms with Crippen LogP contribution in [0.3, 0.4) is 0 Å². The molecule has 1 unspecified atom stereocenters. The molecule has 2 aromatic rings. The molecule has 1 atom stereocenters. The second kappa shape index (κ2) is 4.19. The Kier molecular flexibility index (Phi) is 2.67. The summed E-state index contributed by atoms with van der Waals surface area (Å²) in [7, 11) is 0. The van der Waals surface area contributed by atoms with Crippen LogP contribution in [0.4, 0.5) is 0 Å². The van der Waals surface area contributed by atoms with Crippen molar-refractivity contribution in [2.75, 3.05) is 0 Å². The summed E-state index contributed by atoms with van der Waals surface area (Å²) < 4.78 is 5.95. The lowest BCUT2D eigenvalue weighted by Crippen LogP contribution is -2.19. The second-order valence-electron chi connectivity index (χ2n) is 5.16. The molecule has 17 heavy (non-hydrogen) atoms. The van der Waals surface area contributed by atoms with Crippen LogP contribution in [-0.4, -0.2) is 0 Å².